The lowest BCUT2D eigenvalue weighted by molar-refractivity contribution is -0.117. The number of hydrogen-bond acceptors (Lipinski definition) is 3. The largest absolute Gasteiger partial charge is 0.508 e. The van der Waals surface area contributed by atoms with Crippen LogP contribution in [0.3, 0.4) is 0 Å². The molecule has 0 saturated carbocycles. The highest BCUT2D eigenvalue weighted by Gasteiger charge is 2.07. The molecular weight excluding hydrogens is 206 g/mol. The zero-order valence-corrected chi connectivity index (χ0v) is 9.83. The molecule has 16 heavy (non-hydrogen) atoms. The summed E-state index contributed by atoms with van der Waals surface area (Å²) < 4.78 is 4.82. The van der Waals surface area contributed by atoms with Gasteiger partial charge in [-0.3, -0.25) is 4.79 Å². The van der Waals surface area contributed by atoms with E-state index in [0.29, 0.717) is 13.0 Å². The Labute approximate surface area is 95.2 Å². The van der Waals surface area contributed by atoms with Crippen molar-refractivity contribution in [2.75, 3.05) is 19.0 Å². The van der Waals surface area contributed by atoms with E-state index in [1.54, 1.807) is 26.2 Å². The molecule has 1 aromatic rings. The highest BCUT2D eigenvalue weighted by atomic mass is 16.5. The number of amides is 1. The Morgan fingerprint density at radius 2 is 2.06 bits per heavy atom. The first-order chi connectivity index (χ1) is 7.54. The van der Waals surface area contributed by atoms with Crippen LogP contribution in [0.2, 0.25) is 0 Å². The molecule has 0 heterocycles. The molecule has 0 fully saturated rings. The van der Waals surface area contributed by atoms with Gasteiger partial charge >= 0.3 is 0 Å². The molecule has 0 saturated heterocycles. The average Bonchev–Trinajstić information content (AvgIpc) is 2.23. The van der Waals surface area contributed by atoms with Gasteiger partial charge in [0.15, 0.2) is 0 Å². The van der Waals surface area contributed by atoms with Crippen molar-refractivity contribution in [3.63, 3.8) is 0 Å². The third-order valence-corrected chi connectivity index (χ3v) is 2.35. The second-order valence-electron chi connectivity index (χ2n) is 3.74. The molecular formula is C12H17NO3. The van der Waals surface area contributed by atoms with E-state index < -0.39 is 0 Å². The predicted octanol–water partition coefficient (Wildman–Crippen LogP) is 1.98. The maximum Gasteiger partial charge on any atom is 0.226 e. The van der Waals surface area contributed by atoms with Gasteiger partial charge in [0, 0.05) is 12.8 Å². The van der Waals surface area contributed by atoms with Gasteiger partial charge in [0.05, 0.1) is 13.0 Å². The highest BCUT2D eigenvalue weighted by Crippen LogP contribution is 2.24. The van der Waals surface area contributed by atoms with E-state index in [4.69, 9.17) is 4.74 Å². The monoisotopic (exact) mass is 223 g/mol. The summed E-state index contributed by atoms with van der Waals surface area (Å²) in [6, 6.07) is 3.40. The van der Waals surface area contributed by atoms with Crippen LogP contribution >= 0.6 is 0 Å². The molecule has 0 spiro atoms. The number of ether oxygens (including phenoxy) is 1. The van der Waals surface area contributed by atoms with E-state index >= 15 is 0 Å². The molecule has 88 valence electrons. The van der Waals surface area contributed by atoms with Crippen molar-refractivity contribution in [3.05, 3.63) is 23.3 Å². The number of nitrogens with one attached hydrogen (secondary N) is 1. The molecule has 1 amide bonds. The van der Waals surface area contributed by atoms with Gasteiger partial charge in [-0.15, -0.1) is 0 Å². The molecule has 0 aliphatic heterocycles. The third-order valence-electron chi connectivity index (χ3n) is 2.35. The minimum Gasteiger partial charge on any atom is -0.508 e. The Balaban J connectivity index is 2.73. The molecule has 1 rings (SSSR count). The van der Waals surface area contributed by atoms with Gasteiger partial charge < -0.3 is 15.2 Å². The summed E-state index contributed by atoms with van der Waals surface area (Å²) in [5.74, 6) is 0.155. The van der Waals surface area contributed by atoms with Crippen molar-refractivity contribution >= 4 is 11.6 Å². The summed E-state index contributed by atoms with van der Waals surface area (Å²) in [6.45, 7) is 4.03. The summed E-state index contributed by atoms with van der Waals surface area (Å²) in [7, 11) is 1.56. The zero-order chi connectivity index (χ0) is 12.1. The molecule has 0 aliphatic rings. The summed E-state index contributed by atoms with van der Waals surface area (Å²) in [6.07, 6.45) is 0.329. The number of rotatable bonds is 4. The van der Waals surface area contributed by atoms with E-state index in [2.05, 4.69) is 5.32 Å². The molecule has 0 atom stereocenters. The third kappa shape index (κ3) is 3.24. The molecule has 0 unspecified atom stereocenters. The van der Waals surface area contributed by atoms with E-state index in [1.807, 2.05) is 6.92 Å². The second-order valence-corrected chi connectivity index (χ2v) is 3.74. The number of aromatic hydroxyl groups is 1. The normalized spacial score (nSPS) is 10.2. The van der Waals surface area contributed by atoms with Crippen LogP contribution in [-0.2, 0) is 9.53 Å². The number of aryl methyl sites for hydroxylation is 2. The molecule has 4 nitrogen and oxygen atoms in total. The van der Waals surface area contributed by atoms with Gasteiger partial charge in [-0.25, -0.2) is 0 Å². The number of anilines is 1. The van der Waals surface area contributed by atoms with Crippen LogP contribution in [0.1, 0.15) is 17.5 Å². The number of hydrogen-bond donors (Lipinski definition) is 2. The lowest BCUT2D eigenvalue weighted by Crippen LogP contribution is -2.14. The Bertz CT molecular complexity index is 388. The van der Waals surface area contributed by atoms with Crippen molar-refractivity contribution in [2.24, 2.45) is 0 Å². The van der Waals surface area contributed by atoms with Crippen molar-refractivity contribution < 1.29 is 14.6 Å². The predicted molar refractivity (Wildman–Crippen MR) is 62.7 cm³/mol. The van der Waals surface area contributed by atoms with E-state index in [0.717, 1.165) is 16.8 Å². The minimum absolute atomic E-state index is 0.0879. The highest BCUT2D eigenvalue weighted by molar-refractivity contribution is 5.91. The van der Waals surface area contributed by atoms with Crippen molar-refractivity contribution in [1.29, 1.82) is 0 Å². The maximum atomic E-state index is 11.5. The van der Waals surface area contributed by atoms with Crippen LogP contribution in [0.25, 0.3) is 0 Å². The smallest absolute Gasteiger partial charge is 0.226 e. The standard InChI is InChI=1S/C12H17NO3/c1-8-7-11(14)9(2)6-10(8)13-12(15)4-5-16-3/h6-7,14H,4-5H2,1-3H3,(H,13,15). The number of carbonyl (C=O) groups excluding carboxylic acids is 1. The van der Waals surface area contributed by atoms with E-state index in [-0.39, 0.29) is 11.7 Å². The molecule has 0 bridgehead atoms. The van der Waals surface area contributed by atoms with Crippen LogP contribution in [0, 0.1) is 13.8 Å². The maximum absolute atomic E-state index is 11.5. The van der Waals surface area contributed by atoms with Gasteiger partial charge in [0.2, 0.25) is 5.91 Å². The van der Waals surface area contributed by atoms with E-state index in [1.165, 1.54) is 0 Å². The topological polar surface area (TPSA) is 58.6 Å². The van der Waals surface area contributed by atoms with Crippen LogP contribution in [0.4, 0.5) is 5.69 Å². The summed E-state index contributed by atoms with van der Waals surface area (Å²) in [5, 5.41) is 12.3. The lowest BCUT2D eigenvalue weighted by atomic mass is 10.1. The summed E-state index contributed by atoms with van der Waals surface area (Å²) in [4.78, 5) is 11.5. The van der Waals surface area contributed by atoms with Gasteiger partial charge in [-0.2, -0.15) is 0 Å². The van der Waals surface area contributed by atoms with Gasteiger partial charge in [0.1, 0.15) is 5.75 Å². The zero-order valence-electron chi connectivity index (χ0n) is 9.83. The van der Waals surface area contributed by atoms with Crippen molar-refractivity contribution in [3.8, 4) is 5.75 Å². The number of phenols is 1. The Kier molecular flexibility index (Phi) is 4.31. The number of carbonyl (C=O) groups is 1. The minimum atomic E-state index is -0.0879. The molecule has 0 radical (unpaired) electrons. The van der Waals surface area contributed by atoms with E-state index in [9.17, 15) is 9.90 Å². The SMILES string of the molecule is COCCC(=O)Nc1cc(C)c(O)cc1C. The first kappa shape index (κ1) is 12.5. The molecule has 4 heteroatoms. The molecule has 2 N–H and O–H groups in total. The number of methoxy groups -OCH3 is 1. The number of benzene rings is 1. The van der Waals surface area contributed by atoms with Gasteiger partial charge in [-0.1, -0.05) is 0 Å². The van der Waals surface area contributed by atoms with Crippen LogP contribution in [0.5, 0.6) is 5.75 Å². The summed E-state index contributed by atoms with van der Waals surface area (Å²) in [5.41, 5.74) is 2.32. The Morgan fingerprint density at radius 3 is 2.69 bits per heavy atom. The fourth-order valence-electron chi connectivity index (χ4n) is 1.34. The molecule has 0 aliphatic carbocycles. The first-order valence-electron chi connectivity index (χ1n) is 5.13. The van der Waals surface area contributed by atoms with Crippen LogP contribution in [0.15, 0.2) is 12.1 Å². The second kappa shape index (κ2) is 5.51. The Morgan fingerprint density at radius 1 is 1.38 bits per heavy atom. The van der Waals surface area contributed by atoms with Gasteiger partial charge in [0.25, 0.3) is 0 Å². The molecule has 0 aromatic heterocycles. The quantitative estimate of drug-likeness (QED) is 0.767. The Hall–Kier alpha value is -1.55. The lowest BCUT2D eigenvalue weighted by Gasteiger charge is -2.10. The number of phenolic OH excluding ortho intramolecular Hbond substituents is 1. The van der Waals surface area contributed by atoms with Crippen LogP contribution in [-0.4, -0.2) is 24.7 Å². The average molecular weight is 223 g/mol. The van der Waals surface area contributed by atoms with Crippen LogP contribution < -0.4 is 5.32 Å². The van der Waals surface area contributed by atoms with Crippen molar-refractivity contribution in [2.45, 2.75) is 20.3 Å². The fraction of sp³-hybridized carbons (Fsp3) is 0.417. The van der Waals surface area contributed by atoms with Gasteiger partial charge in [-0.05, 0) is 37.1 Å². The first-order valence-corrected chi connectivity index (χ1v) is 5.13. The fourth-order valence-corrected chi connectivity index (χ4v) is 1.34. The summed E-state index contributed by atoms with van der Waals surface area (Å²) >= 11 is 0. The van der Waals surface area contributed by atoms with Crippen molar-refractivity contribution in [1.82, 2.24) is 0 Å². The molecule has 1 aromatic carbocycles.